The number of halogens is 1. The van der Waals surface area contributed by atoms with Crippen molar-refractivity contribution < 1.29 is 9.18 Å². The predicted molar refractivity (Wildman–Crippen MR) is 84.5 cm³/mol. The summed E-state index contributed by atoms with van der Waals surface area (Å²) in [7, 11) is 1.93. The minimum atomic E-state index is -0.241. The first-order valence-corrected chi connectivity index (χ1v) is 8.05. The number of carbonyl (C=O) groups excluding carboxylic acids is 1. The van der Waals surface area contributed by atoms with Crippen molar-refractivity contribution in [2.75, 3.05) is 26.7 Å². The molecule has 1 atom stereocenters. The molecule has 1 aliphatic rings. The molecule has 3 nitrogen and oxygen atoms in total. The van der Waals surface area contributed by atoms with Crippen molar-refractivity contribution in [2.24, 2.45) is 5.92 Å². The van der Waals surface area contributed by atoms with Gasteiger partial charge in [0.25, 0.3) is 5.91 Å². The number of likely N-dealkylation sites (tertiary alicyclic amines) is 1. The van der Waals surface area contributed by atoms with Crippen molar-refractivity contribution in [3.05, 3.63) is 34.5 Å². The molecule has 0 spiro atoms. The first-order valence-electron chi connectivity index (χ1n) is 7.23. The standard InChI is InChI=1S/C16H19FN2OS/c1-10-14-12(17)4-3-5-13(14)21-15(10)16(20)19-7-6-11(9-19)8-18-2/h3-5,11,18H,6-9H2,1-2H3/t11-/m1/s1. The smallest absolute Gasteiger partial charge is 0.264 e. The van der Waals surface area contributed by atoms with Crippen LogP contribution in [0.3, 0.4) is 0 Å². The van der Waals surface area contributed by atoms with Gasteiger partial charge >= 0.3 is 0 Å². The quantitative estimate of drug-likeness (QED) is 0.945. The molecular formula is C16H19FN2OS. The van der Waals surface area contributed by atoms with Gasteiger partial charge in [0, 0.05) is 23.2 Å². The van der Waals surface area contributed by atoms with Gasteiger partial charge in [0.05, 0.1) is 4.88 Å². The molecule has 0 saturated carbocycles. The minimum Gasteiger partial charge on any atom is -0.338 e. The summed E-state index contributed by atoms with van der Waals surface area (Å²) >= 11 is 1.40. The number of nitrogens with zero attached hydrogens (tertiary/aromatic N) is 1. The molecule has 3 rings (SSSR count). The van der Waals surface area contributed by atoms with Crippen LogP contribution in [0.1, 0.15) is 21.7 Å². The van der Waals surface area contributed by atoms with E-state index < -0.39 is 0 Å². The monoisotopic (exact) mass is 306 g/mol. The fraction of sp³-hybridized carbons (Fsp3) is 0.438. The van der Waals surface area contributed by atoms with Crippen LogP contribution in [0.5, 0.6) is 0 Å². The molecule has 2 aromatic rings. The zero-order chi connectivity index (χ0) is 15.0. The van der Waals surface area contributed by atoms with Crippen LogP contribution in [0.2, 0.25) is 0 Å². The fourth-order valence-electron chi connectivity index (χ4n) is 3.07. The van der Waals surface area contributed by atoms with Crippen LogP contribution in [0.25, 0.3) is 10.1 Å². The van der Waals surface area contributed by atoms with E-state index in [1.165, 1.54) is 17.4 Å². The van der Waals surface area contributed by atoms with Crippen LogP contribution in [-0.2, 0) is 0 Å². The normalized spacial score (nSPS) is 18.6. The maximum absolute atomic E-state index is 13.9. The number of hydrogen-bond donors (Lipinski definition) is 1. The van der Waals surface area contributed by atoms with Crippen LogP contribution < -0.4 is 5.32 Å². The molecule has 1 aromatic carbocycles. The second-order valence-corrected chi connectivity index (χ2v) is 6.68. The van der Waals surface area contributed by atoms with Gasteiger partial charge in [-0.2, -0.15) is 0 Å². The highest BCUT2D eigenvalue weighted by Gasteiger charge is 2.29. The van der Waals surface area contributed by atoms with Gasteiger partial charge in [-0.1, -0.05) is 6.07 Å². The maximum atomic E-state index is 13.9. The molecule has 112 valence electrons. The Morgan fingerprint density at radius 1 is 1.52 bits per heavy atom. The first-order chi connectivity index (χ1) is 10.1. The van der Waals surface area contributed by atoms with Crippen molar-refractivity contribution in [3.8, 4) is 0 Å². The summed E-state index contributed by atoms with van der Waals surface area (Å²) in [5, 5.41) is 3.76. The van der Waals surface area contributed by atoms with E-state index in [1.54, 1.807) is 6.07 Å². The van der Waals surface area contributed by atoms with Gasteiger partial charge in [-0.05, 0) is 50.6 Å². The molecule has 5 heteroatoms. The van der Waals surface area contributed by atoms with E-state index in [0.29, 0.717) is 16.2 Å². The first kappa shape index (κ1) is 14.5. The Morgan fingerprint density at radius 3 is 3.05 bits per heavy atom. The number of rotatable bonds is 3. The number of thiophene rings is 1. The van der Waals surface area contributed by atoms with Gasteiger partial charge in [0.2, 0.25) is 0 Å². The third kappa shape index (κ3) is 2.56. The largest absolute Gasteiger partial charge is 0.338 e. The highest BCUT2D eigenvalue weighted by atomic mass is 32.1. The Bertz CT molecular complexity index is 682. The van der Waals surface area contributed by atoms with Gasteiger partial charge in [-0.25, -0.2) is 4.39 Å². The highest BCUT2D eigenvalue weighted by molar-refractivity contribution is 7.21. The SMILES string of the molecule is CNC[C@H]1CCN(C(=O)c2sc3cccc(F)c3c2C)C1. The number of nitrogens with one attached hydrogen (secondary N) is 1. The Labute approximate surface area is 127 Å². The molecule has 1 aliphatic heterocycles. The maximum Gasteiger partial charge on any atom is 0.264 e. The lowest BCUT2D eigenvalue weighted by Crippen LogP contribution is -2.30. The van der Waals surface area contributed by atoms with Crippen molar-refractivity contribution in [1.29, 1.82) is 0 Å². The summed E-state index contributed by atoms with van der Waals surface area (Å²) in [6, 6.07) is 5.02. The van der Waals surface area contributed by atoms with E-state index in [0.717, 1.165) is 36.3 Å². The number of fused-ring (bicyclic) bond motifs is 1. The molecule has 1 aromatic heterocycles. The lowest BCUT2D eigenvalue weighted by atomic mass is 10.1. The topological polar surface area (TPSA) is 32.3 Å². The predicted octanol–water partition coefficient (Wildman–Crippen LogP) is 3.03. The summed E-state index contributed by atoms with van der Waals surface area (Å²) < 4.78 is 14.8. The van der Waals surface area contributed by atoms with Crippen LogP contribution in [0, 0.1) is 18.7 Å². The van der Waals surface area contributed by atoms with E-state index >= 15 is 0 Å². The van der Waals surface area contributed by atoms with E-state index in [4.69, 9.17) is 0 Å². The lowest BCUT2D eigenvalue weighted by molar-refractivity contribution is 0.0791. The second kappa shape index (κ2) is 5.73. The van der Waals surface area contributed by atoms with E-state index in [-0.39, 0.29) is 11.7 Å². The molecule has 1 amide bonds. The second-order valence-electron chi connectivity index (χ2n) is 5.63. The summed E-state index contributed by atoms with van der Waals surface area (Å²) in [4.78, 5) is 15.3. The third-order valence-corrected chi connectivity index (χ3v) is 5.41. The summed E-state index contributed by atoms with van der Waals surface area (Å²) in [6.45, 7) is 4.36. The number of benzene rings is 1. The average molecular weight is 306 g/mol. The molecule has 0 bridgehead atoms. The van der Waals surface area contributed by atoms with Gasteiger partial charge in [-0.3, -0.25) is 4.79 Å². The molecule has 0 unspecified atom stereocenters. The molecule has 1 fully saturated rings. The van der Waals surface area contributed by atoms with Crippen LogP contribution >= 0.6 is 11.3 Å². The van der Waals surface area contributed by atoms with Gasteiger partial charge in [0.1, 0.15) is 5.82 Å². The summed E-state index contributed by atoms with van der Waals surface area (Å²) in [6.07, 6.45) is 1.03. The number of carbonyl (C=O) groups is 1. The number of aryl methyl sites for hydroxylation is 1. The molecule has 21 heavy (non-hydrogen) atoms. The Hall–Kier alpha value is -1.46. The molecular weight excluding hydrogens is 287 g/mol. The third-order valence-electron chi connectivity index (χ3n) is 4.16. The minimum absolute atomic E-state index is 0.0479. The zero-order valence-corrected chi connectivity index (χ0v) is 13.1. The van der Waals surface area contributed by atoms with Crippen molar-refractivity contribution in [3.63, 3.8) is 0 Å². The Kier molecular flexibility index (Phi) is 3.95. The van der Waals surface area contributed by atoms with Crippen molar-refractivity contribution in [1.82, 2.24) is 10.2 Å². The summed E-state index contributed by atoms with van der Waals surface area (Å²) in [5.74, 6) is 0.326. The van der Waals surface area contributed by atoms with Gasteiger partial charge < -0.3 is 10.2 Å². The van der Waals surface area contributed by atoms with Gasteiger partial charge in [-0.15, -0.1) is 11.3 Å². The van der Waals surface area contributed by atoms with E-state index in [2.05, 4.69) is 5.32 Å². The summed E-state index contributed by atoms with van der Waals surface area (Å²) in [5.41, 5.74) is 0.773. The van der Waals surface area contributed by atoms with E-state index in [9.17, 15) is 9.18 Å². The fourth-order valence-corrected chi connectivity index (χ4v) is 4.26. The van der Waals surface area contributed by atoms with E-state index in [1.807, 2.05) is 24.9 Å². The van der Waals surface area contributed by atoms with Crippen molar-refractivity contribution in [2.45, 2.75) is 13.3 Å². The average Bonchev–Trinajstić information content (AvgIpc) is 3.05. The molecule has 0 aliphatic carbocycles. The van der Waals surface area contributed by atoms with Crippen LogP contribution in [-0.4, -0.2) is 37.5 Å². The van der Waals surface area contributed by atoms with Crippen LogP contribution in [0.4, 0.5) is 4.39 Å². The molecule has 1 saturated heterocycles. The number of hydrogen-bond acceptors (Lipinski definition) is 3. The lowest BCUT2D eigenvalue weighted by Gasteiger charge is -2.16. The molecule has 1 N–H and O–H groups in total. The van der Waals surface area contributed by atoms with Crippen molar-refractivity contribution >= 4 is 27.3 Å². The Balaban J connectivity index is 1.89. The van der Waals surface area contributed by atoms with Gasteiger partial charge in [0.15, 0.2) is 0 Å². The number of amides is 1. The van der Waals surface area contributed by atoms with Crippen LogP contribution in [0.15, 0.2) is 18.2 Å². The Morgan fingerprint density at radius 2 is 2.33 bits per heavy atom. The molecule has 0 radical (unpaired) electrons. The zero-order valence-electron chi connectivity index (χ0n) is 12.3. The highest BCUT2D eigenvalue weighted by Crippen LogP contribution is 2.34. The molecule has 2 heterocycles.